The fourth-order valence-electron chi connectivity index (χ4n) is 1.55. The van der Waals surface area contributed by atoms with Gasteiger partial charge in [0.05, 0.1) is 25.9 Å². The lowest BCUT2D eigenvalue weighted by atomic mass is 10.1. The Morgan fingerprint density at radius 2 is 2.00 bits per heavy atom. The Kier molecular flexibility index (Phi) is 13.7. The van der Waals surface area contributed by atoms with E-state index in [0.717, 1.165) is 31.9 Å². The van der Waals surface area contributed by atoms with Crippen LogP contribution in [0.2, 0.25) is 0 Å². The third-order valence-electron chi connectivity index (χ3n) is 2.65. The number of hydrogen-bond donors (Lipinski definition) is 2. The van der Waals surface area contributed by atoms with Crippen molar-refractivity contribution >= 4 is 0 Å². The van der Waals surface area contributed by atoms with E-state index >= 15 is 0 Å². The van der Waals surface area contributed by atoms with E-state index in [0.29, 0.717) is 26.4 Å². The number of aliphatic hydroxyl groups excluding tert-OH is 1. The molecule has 4 heteroatoms. The van der Waals surface area contributed by atoms with Gasteiger partial charge in [-0.3, -0.25) is 0 Å². The second-order valence-electron chi connectivity index (χ2n) is 5.16. The summed E-state index contributed by atoms with van der Waals surface area (Å²) in [6.07, 6.45) is 4.53. The highest BCUT2D eigenvalue weighted by Gasteiger charge is 2.03. The second-order valence-corrected chi connectivity index (χ2v) is 5.16. The van der Waals surface area contributed by atoms with Crippen LogP contribution in [-0.4, -0.2) is 50.7 Å². The van der Waals surface area contributed by atoms with Gasteiger partial charge in [0.25, 0.3) is 0 Å². The van der Waals surface area contributed by atoms with Gasteiger partial charge in [-0.2, -0.15) is 0 Å². The lowest BCUT2D eigenvalue weighted by Gasteiger charge is -2.12. The molecule has 0 aromatic rings. The fraction of sp³-hybridized carbons (Fsp3) is 0.867. The van der Waals surface area contributed by atoms with Crippen molar-refractivity contribution < 1.29 is 14.6 Å². The molecule has 1 unspecified atom stereocenters. The predicted octanol–water partition coefficient (Wildman–Crippen LogP) is 1.98. The zero-order chi connectivity index (χ0) is 14.3. The summed E-state index contributed by atoms with van der Waals surface area (Å²) >= 11 is 0. The van der Waals surface area contributed by atoms with E-state index in [1.807, 2.05) is 6.08 Å². The highest BCUT2D eigenvalue weighted by molar-refractivity contribution is 4.64. The average molecular weight is 273 g/mol. The standard InChI is InChI=1S/C15H31NO3/c1-4-5-9-18-11-8-16-12-15(17)13-19-10-6-7-14(2)3/h4,14-17H,1,5-13H2,2-3H3. The third kappa shape index (κ3) is 15.5. The Morgan fingerprint density at radius 1 is 1.21 bits per heavy atom. The molecule has 0 saturated heterocycles. The molecule has 114 valence electrons. The number of hydrogen-bond acceptors (Lipinski definition) is 4. The van der Waals surface area contributed by atoms with Crippen molar-refractivity contribution in [3.63, 3.8) is 0 Å². The van der Waals surface area contributed by atoms with Gasteiger partial charge in [0, 0.05) is 19.7 Å². The number of aliphatic hydroxyl groups is 1. The monoisotopic (exact) mass is 273 g/mol. The summed E-state index contributed by atoms with van der Waals surface area (Å²) in [5.41, 5.74) is 0. The number of nitrogens with one attached hydrogen (secondary N) is 1. The van der Waals surface area contributed by atoms with Crippen molar-refractivity contribution in [1.82, 2.24) is 5.32 Å². The predicted molar refractivity (Wildman–Crippen MR) is 79.4 cm³/mol. The van der Waals surface area contributed by atoms with Crippen LogP contribution in [0, 0.1) is 5.92 Å². The first-order valence-corrected chi connectivity index (χ1v) is 7.32. The molecule has 0 aromatic carbocycles. The maximum Gasteiger partial charge on any atom is 0.0897 e. The van der Waals surface area contributed by atoms with Gasteiger partial charge in [-0.05, 0) is 25.2 Å². The van der Waals surface area contributed by atoms with Crippen molar-refractivity contribution in [3.8, 4) is 0 Å². The average Bonchev–Trinajstić information content (AvgIpc) is 2.37. The highest BCUT2D eigenvalue weighted by atomic mass is 16.5. The van der Waals surface area contributed by atoms with Crippen LogP contribution in [0.25, 0.3) is 0 Å². The molecule has 19 heavy (non-hydrogen) atoms. The number of ether oxygens (including phenoxy) is 2. The van der Waals surface area contributed by atoms with Crippen LogP contribution in [-0.2, 0) is 9.47 Å². The van der Waals surface area contributed by atoms with E-state index in [1.54, 1.807) is 0 Å². The summed E-state index contributed by atoms with van der Waals surface area (Å²) < 4.78 is 10.8. The van der Waals surface area contributed by atoms with Crippen molar-refractivity contribution in [2.24, 2.45) is 5.92 Å². The molecule has 0 aliphatic carbocycles. The summed E-state index contributed by atoms with van der Waals surface area (Å²) in [5, 5.41) is 12.8. The van der Waals surface area contributed by atoms with E-state index in [1.165, 1.54) is 6.42 Å². The molecule has 4 nitrogen and oxygen atoms in total. The molecule has 0 rings (SSSR count). The molecule has 2 N–H and O–H groups in total. The van der Waals surface area contributed by atoms with Gasteiger partial charge in [-0.1, -0.05) is 19.9 Å². The highest BCUT2D eigenvalue weighted by Crippen LogP contribution is 2.03. The molecular weight excluding hydrogens is 242 g/mol. The van der Waals surface area contributed by atoms with Gasteiger partial charge in [0.1, 0.15) is 0 Å². The Bertz CT molecular complexity index is 198. The van der Waals surface area contributed by atoms with Gasteiger partial charge in [-0.25, -0.2) is 0 Å². The maximum atomic E-state index is 9.66. The SMILES string of the molecule is C=CCCOCCNCC(O)COCCCC(C)C. The van der Waals surface area contributed by atoms with E-state index < -0.39 is 6.10 Å². The van der Waals surface area contributed by atoms with E-state index in [4.69, 9.17) is 9.47 Å². The van der Waals surface area contributed by atoms with Crippen LogP contribution < -0.4 is 5.32 Å². The molecule has 0 aromatic heterocycles. The van der Waals surface area contributed by atoms with Crippen LogP contribution in [0.5, 0.6) is 0 Å². The van der Waals surface area contributed by atoms with Gasteiger partial charge in [0.2, 0.25) is 0 Å². The van der Waals surface area contributed by atoms with Crippen molar-refractivity contribution in [2.45, 2.75) is 39.2 Å². The topological polar surface area (TPSA) is 50.7 Å². The fourth-order valence-corrected chi connectivity index (χ4v) is 1.55. The minimum atomic E-state index is -0.438. The van der Waals surface area contributed by atoms with Crippen LogP contribution in [0.1, 0.15) is 33.1 Å². The lowest BCUT2D eigenvalue weighted by molar-refractivity contribution is 0.0336. The number of rotatable bonds is 14. The lowest BCUT2D eigenvalue weighted by Crippen LogP contribution is -2.32. The first-order valence-electron chi connectivity index (χ1n) is 7.32. The normalized spacial score (nSPS) is 12.8. The van der Waals surface area contributed by atoms with Gasteiger partial charge in [-0.15, -0.1) is 6.58 Å². The van der Waals surface area contributed by atoms with Crippen molar-refractivity contribution in [3.05, 3.63) is 12.7 Å². The van der Waals surface area contributed by atoms with E-state index in [2.05, 4.69) is 25.7 Å². The summed E-state index contributed by atoms with van der Waals surface area (Å²) in [7, 11) is 0. The molecule has 0 fully saturated rings. The zero-order valence-electron chi connectivity index (χ0n) is 12.6. The minimum Gasteiger partial charge on any atom is -0.389 e. The first kappa shape index (κ1) is 18.6. The quantitative estimate of drug-likeness (QED) is 0.375. The molecule has 0 radical (unpaired) electrons. The molecule has 0 aliphatic rings. The molecule has 1 atom stereocenters. The molecular formula is C15H31NO3. The largest absolute Gasteiger partial charge is 0.389 e. The van der Waals surface area contributed by atoms with Crippen molar-refractivity contribution in [2.75, 3.05) is 39.5 Å². The van der Waals surface area contributed by atoms with Crippen LogP contribution in [0.15, 0.2) is 12.7 Å². The summed E-state index contributed by atoms with van der Waals surface area (Å²) in [5.74, 6) is 0.719. The van der Waals surface area contributed by atoms with Gasteiger partial charge in [0.15, 0.2) is 0 Å². The van der Waals surface area contributed by atoms with Crippen LogP contribution in [0.3, 0.4) is 0 Å². The summed E-state index contributed by atoms with van der Waals surface area (Å²) in [6, 6.07) is 0. The summed E-state index contributed by atoms with van der Waals surface area (Å²) in [4.78, 5) is 0. The molecule has 0 saturated carbocycles. The maximum absolute atomic E-state index is 9.66. The summed E-state index contributed by atoms with van der Waals surface area (Å²) in [6.45, 7) is 11.9. The Labute approximate surface area is 118 Å². The van der Waals surface area contributed by atoms with Crippen LogP contribution in [0.4, 0.5) is 0 Å². The smallest absolute Gasteiger partial charge is 0.0897 e. The van der Waals surface area contributed by atoms with Crippen molar-refractivity contribution in [1.29, 1.82) is 0 Å². The second kappa shape index (κ2) is 14.0. The van der Waals surface area contributed by atoms with E-state index in [9.17, 15) is 5.11 Å². The Balaban J connectivity index is 3.16. The molecule has 0 spiro atoms. The minimum absolute atomic E-state index is 0.405. The van der Waals surface area contributed by atoms with Gasteiger partial charge < -0.3 is 19.9 Å². The van der Waals surface area contributed by atoms with E-state index in [-0.39, 0.29) is 0 Å². The first-order chi connectivity index (χ1) is 9.16. The molecule has 0 aliphatic heterocycles. The molecule has 0 heterocycles. The van der Waals surface area contributed by atoms with Gasteiger partial charge >= 0.3 is 0 Å². The molecule has 0 amide bonds. The van der Waals surface area contributed by atoms with Crippen LogP contribution >= 0.6 is 0 Å². The Morgan fingerprint density at radius 3 is 2.68 bits per heavy atom. The Hall–Kier alpha value is -0.420. The molecule has 0 bridgehead atoms. The third-order valence-corrected chi connectivity index (χ3v) is 2.65. The zero-order valence-corrected chi connectivity index (χ0v) is 12.6.